The molecule has 5 heterocycles. The molecule has 1 saturated carbocycles. The molecule has 1 saturated heterocycles. The van der Waals surface area contributed by atoms with Crippen molar-refractivity contribution in [1.82, 2.24) is 33.2 Å². The Balaban J connectivity index is 0.000000219. The minimum absolute atomic E-state index is 0.0213. The standard InChI is InChI=1S/C23H26N4O6S.C15H12BrN3O4S.C9H15O2.HI.Zn/c1-14-6-8-17(9-7-14)34(30,31)27-20-18(19(25-27)21(28)32-5)10-15(11-24-20)16-12-26(13-16)22(29)33-23(2,3)4;1-9-3-5-11(6-4-9)24(21,22)19-14-12(7-10(16)8-17-14)13(18-19)15(20)23-2;1-9(2,3)11-8(10)7-5-4-6-7;;/h6-11,16H,12-13H2,1-5H3;3-8H,1-2H3;4,7H,5-6H2,1-3H3;1H;/q;;-1;;+2/p-1. The Bertz CT molecular complexity index is 3150. The summed E-state index contributed by atoms with van der Waals surface area (Å²) in [5.41, 5.74) is 1.49. The van der Waals surface area contributed by atoms with Gasteiger partial charge in [0, 0.05) is 41.8 Å². The van der Waals surface area contributed by atoms with Gasteiger partial charge < -0.3 is 30.3 Å². The molecule has 376 valence electrons. The zero-order chi connectivity index (χ0) is 52.8. The molecule has 0 unspecified atom stereocenters. The first-order chi connectivity index (χ1) is 33.2. The number of esters is 3. The molecule has 4 aromatic heterocycles. The van der Waals surface area contributed by atoms with E-state index < -0.39 is 43.7 Å². The predicted octanol–water partition coefficient (Wildman–Crippen LogP) is 8.45. The fourth-order valence-electron chi connectivity index (χ4n) is 6.69. The molecule has 0 radical (unpaired) electrons. The Morgan fingerprint density at radius 1 is 0.690 bits per heavy atom. The second-order valence-electron chi connectivity index (χ2n) is 18.2. The van der Waals surface area contributed by atoms with Crippen molar-refractivity contribution in [2.75, 3.05) is 27.3 Å². The Hall–Kier alpha value is -4.91. The molecule has 1 amide bonds. The molecule has 8 rings (SSSR count). The number of aromatic nitrogens is 6. The molecule has 71 heavy (non-hydrogen) atoms. The number of hydrogen-bond acceptors (Lipinski definition) is 16. The van der Waals surface area contributed by atoms with Crippen LogP contribution in [0, 0.1) is 26.2 Å². The first kappa shape index (κ1) is 57.0. The predicted molar refractivity (Wildman–Crippen MR) is 270 cm³/mol. The van der Waals surface area contributed by atoms with Gasteiger partial charge in [-0.1, -0.05) is 35.4 Å². The number of aryl methyl sites for hydroxylation is 2. The van der Waals surface area contributed by atoms with E-state index in [0.717, 1.165) is 37.7 Å². The Morgan fingerprint density at radius 2 is 1.11 bits per heavy atom. The van der Waals surface area contributed by atoms with Crippen molar-refractivity contribution < 1.29 is 69.7 Å². The summed E-state index contributed by atoms with van der Waals surface area (Å²) in [6.07, 6.45) is 6.48. The van der Waals surface area contributed by atoms with Gasteiger partial charge in [-0.15, -0.1) is 18.4 Å². The summed E-state index contributed by atoms with van der Waals surface area (Å²) in [6, 6.07) is 15.9. The molecule has 24 heteroatoms. The number of amides is 1. The van der Waals surface area contributed by atoms with Gasteiger partial charge in [-0.05, 0) is 113 Å². The molecule has 2 fully saturated rings. The van der Waals surface area contributed by atoms with Crippen LogP contribution in [0.2, 0.25) is 0 Å². The average Bonchev–Trinajstić information content (AvgIpc) is 3.85. The van der Waals surface area contributed by atoms with E-state index in [1.54, 1.807) is 68.3 Å². The number of carbonyl (C=O) groups excluding carboxylic acids is 4. The summed E-state index contributed by atoms with van der Waals surface area (Å²) in [5.74, 6) is -1.44. The minimum atomic E-state index is -4.10. The first-order valence-electron chi connectivity index (χ1n) is 21.8. The molecule has 19 nitrogen and oxygen atoms in total. The van der Waals surface area contributed by atoms with E-state index in [4.69, 9.17) is 14.2 Å². The van der Waals surface area contributed by atoms with Crippen molar-refractivity contribution in [1.29, 1.82) is 0 Å². The van der Waals surface area contributed by atoms with E-state index in [-0.39, 0.29) is 66.7 Å². The molecule has 0 bridgehead atoms. The SMILES string of the molecule is CC(C)(C)OC(=O)C1C[CH-]C1.COC(=O)c1nn(S(=O)(=O)c2ccc(C)cc2)c2ncc(Br)cc12.COC(=O)c1nn(S(=O)(=O)c2ccc(C)cc2)c2ncc(C3CN(C(=O)OC(C)(C)C)C3)cc12.[Zn+][I]. The molecule has 0 N–H and O–H groups in total. The van der Waals surface area contributed by atoms with Gasteiger partial charge in [0.05, 0.1) is 34.8 Å². The third-order valence-corrected chi connectivity index (χ3v) is 14.1. The average molecular weight is 1240 g/mol. The summed E-state index contributed by atoms with van der Waals surface area (Å²) >= 11 is 6.87. The Morgan fingerprint density at radius 3 is 1.51 bits per heavy atom. The number of hydrogen-bond donors (Lipinski definition) is 0. The van der Waals surface area contributed by atoms with Crippen LogP contribution in [0.1, 0.15) is 98.0 Å². The molecule has 2 aliphatic rings. The molecule has 6 aromatic rings. The van der Waals surface area contributed by atoms with Gasteiger partial charge in [0.1, 0.15) is 11.2 Å². The van der Waals surface area contributed by atoms with E-state index in [1.807, 2.05) is 34.6 Å². The van der Waals surface area contributed by atoms with Gasteiger partial charge in [0.25, 0.3) is 20.0 Å². The van der Waals surface area contributed by atoms with Crippen LogP contribution in [-0.4, -0.2) is 113 Å². The number of benzene rings is 2. The van der Waals surface area contributed by atoms with Crippen LogP contribution in [0.5, 0.6) is 0 Å². The molecule has 2 aromatic carbocycles. The van der Waals surface area contributed by atoms with Crippen LogP contribution in [0.15, 0.2) is 87.3 Å². The molecule has 1 aliphatic carbocycles. The number of likely N-dealkylation sites (tertiary alicyclic amines) is 1. The summed E-state index contributed by atoms with van der Waals surface area (Å²) in [7, 11) is -5.70. The van der Waals surface area contributed by atoms with Gasteiger partial charge in [-0.25, -0.2) is 24.4 Å². The Labute approximate surface area is 441 Å². The maximum absolute atomic E-state index is 13.3. The summed E-state index contributed by atoms with van der Waals surface area (Å²) in [4.78, 5) is 57.8. The third-order valence-electron chi connectivity index (χ3n) is 10.5. The molecule has 0 atom stereocenters. The van der Waals surface area contributed by atoms with Gasteiger partial charge >= 0.3 is 58.5 Å². The van der Waals surface area contributed by atoms with Crippen LogP contribution in [0.3, 0.4) is 0 Å². The second-order valence-corrected chi connectivity index (χ2v) is 22.7. The van der Waals surface area contributed by atoms with Gasteiger partial charge in [-0.2, -0.15) is 29.7 Å². The van der Waals surface area contributed by atoms with Crippen molar-refractivity contribution in [2.45, 2.75) is 95.1 Å². The number of nitrogens with zero attached hydrogens (tertiary/aromatic N) is 7. The third kappa shape index (κ3) is 13.8. The number of halogens is 2. The zero-order valence-corrected chi connectivity index (χ0v) is 49.1. The van der Waals surface area contributed by atoms with Gasteiger partial charge in [-0.3, -0.25) is 4.79 Å². The van der Waals surface area contributed by atoms with Crippen LogP contribution < -0.4 is 0 Å². The van der Waals surface area contributed by atoms with Crippen molar-refractivity contribution in [3.63, 3.8) is 0 Å². The van der Waals surface area contributed by atoms with Crippen LogP contribution in [-0.2, 0) is 58.6 Å². The van der Waals surface area contributed by atoms with Crippen molar-refractivity contribution >= 4 is 102 Å². The second kappa shape index (κ2) is 23.3. The summed E-state index contributed by atoms with van der Waals surface area (Å²) in [5, 5.41) is 8.55. The van der Waals surface area contributed by atoms with Gasteiger partial charge in [0.15, 0.2) is 22.7 Å². The number of carbonyl (C=O) groups is 4. The van der Waals surface area contributed by atoms with E-state index in [2.05, 4.69) is 67.0 Å². The molecule has 0 spiro atoms. The van der Waals surface area contributed by atoms with E-state index in [9.17, 15) is 36.0 Å². The number of pyridine rings is 2. The normalized spacial score (nSPS) is 14.0. The first-order valence-corrected chi connectivity index (χ1v) is 34.5. The van der Waals surface area contributed by atoms with E-state index in [0.29, 0.717) is 17.6 Å². The number of fused-ring (bicyclic) bond motifs is 2. The fraction of sp³-hybridized carbons (Fsp3) is 0.383. The zero-order valence-electron chi connectivity index (χ0n) is 40.8. The monoisotopic (exact) mass is 1240 g/mol. The van der Waals surface area contributed by atoms with Crippen LogP contribution in [0.4, 0.5) is 4.79 Å². The summed E-state index contributed by atoms with van der Waals surface area (Å²) < 4.78 is 74.4. The van der Waals surface area contributed by atoms with Crippen LogP contribution in [0.25, 0.3) is 22.1 Å². The molecule has 1 aliphatic heterocycles. The van der Waals surface area contributed by atoms with Crippen molar-refractivity contribution in [2.24, 2.45) is 5.92 Å². The van der Waals surface area contributed by atoms with Crippen molar-refractivity contribution in [3.05, 3.63) is 112 Å². The molecular weight excluding hydrogens is 1190 g/mol. The summed E-state index contributed by atoms with van der Waals surface area (Å²) in [6.45, 7) is 15.6. The van der Waals surface area contributed by atoms with Crippen LogP contribution >= 0.6 is 35.7 Å². The van der Waals surface area contributed by atoms with Gasteiger partial charge in [0.2, 0.25) is 0 Å². The van der Waals surface area contributed by atoms with E-state index in [1.165, 1.54) is 59.5 Å². The number of rotatable bonds is 8. The number of ether oxygens (including phenoxy) is 4. The molecular formula is C47H53BrIN7O12S2Zn. The van der Waals surface area contributed by atoms with E-state index >= 15 is 0 Å². The fourth-order valence-corrected chi connectivity index (χ4v) is 9.51. The topological polar surface area (TPSA) is 238 Å². The quantitative estimate of drug-likeness (QED) is 0.0457. The Kier molecular flexibility index (Phi) is 18.7. The number of methoxy groups -OCH3 is 2. The van der Waals surface area contributed by atoms with Crippen molar-refractivity contribution in [3.8, 4) is 0 Å². The maximum atomic E-state index is 13.3.